The Morgan fingerprint density at radius 2 is 0.738 bits per heavy atom. The van der Waals surface area contributed by atoms with Gasteiger partial charge >= 0.3 is 0 Å². The normalized spacial score (nSPS) is 12.6. The number of nitrogens with zero attached hydrogens (tertiary/aromatic N) is 2. The predicted molar refractivity (Wildman–Crippen MR) is 255 cm³/mol. The lowest BCUT2D eigenvalue weighted by Crippen LogP contribution is -2.14. The number of hydrogen-bond donors (Lipinski definition) is 0. The number of rotatable bonds is 7. The van der Waals surface area contributed by atoms with E-state index in [4.69, 9.17) is 9.97 Å². The highest BCUT2D eigenvalue weighted by Gasteiger charge is 2.35. The quantitative estimate of drug-likeness (QED) is 0.161. The molecule has 9 aromatic carbocycles. The zero-order chi connectivity index (χ0) is 40.9. The minimum absolute atomic E-state index is 0.0244. The lowest BCUT2D eigenvalue weighted by molar-refractivity contribution is 0.660. The van der Waals surface area contributed by atoms with Crippen molar-refractivity contribution in [2.75, 3.05) is 0 Å². The molecule has 61 heavy (non-hydrogen) atoms. The molecule has 0 aliphatic heterocycles. The highest BCUT2D eigenvalue weighted by atomic mass is 14.9. The fraction of sp³-hybridized carbons (Fsp3) is 0.0508. The number of fused-ring (bicyclic) bond motifs is 4. The molecule has 0 atom stereocenters. The van der Waals surface area contributed by atoms with Gasteiger partial charge in [-0.25, -0.2) is 9.97 Å². The third-order valence-electron chi connectivity index (χ3n) is 12.6. The minimum atomic E-state index is -0.0244. The second-order valence-electron chi connectivity index (χ2n) is 16.6. The summed E-state index contributed by atoms with van der Waals surface area (Å²) in [7, 11) is 0. The van der Waals surface area contributed by atoms with Crippen molar-refractivity contribution in [2.45, 2.75) is 19.3 Å². The molecule has 0 saturated carbocycles. The van der Waals surface area contributed by atoms with Crippen molar-refractivity contribution >= 4 is 10.8 Å². The van der Waals surface area contributed by atoms with E-state index >= 15 is 0 Å². The summed E-state index contributed by atoms with van der Waals surface area (Å²) in [5.41, 5.74) is 20.0. The molecule has 0 saturated heterocycles. The van der Waals surface area contributed by atoms with Gasteiger partial charge in [0.15, 0.2) is 5.82 Å². The van der Waals surface area contributed by atoms with Crippen molar-refractivity contribution in [1.82, 2.24) is 9.97 Å². The van der Waals surface area contributed by atoms with Crippen LogP contribution in [0.25, 0.3) is 100 Å². The molecule has 1 aliphatic rings. The zero-order valence-electron chi connectivity index (χ0n) is 34.2. The molecule has 11 rings (SSSR count). The Hall–Kier alpha value is -7.68. The van der Waals surface area contributed by atoms with Crippen LogP contribution in [0.15, 0.2) is 218 Å². The van der Waals surface area contributed by atoms with Crippen LogP contribution in [0.1, 0.15) is 25.0 Å². The van der Waals surface area contributed by atoms with Gasteiger partial charge in [0.2, 0.25) is 0 Å². The van der Waals surface area contributed by atoms with Crippen LogP contribution in [0.2, 0.25) is 0 Å². The summed E-state index contributed by atoms with van der Waals surface area (Å²) < 4.78 is 0. The highest BCUT2D eigenvalue weighted by molar-refractivity contribution is 6.05. The van der Waals surface area contributed by atoms with Crippen LogP contribution in [-0.4, -0.2) is 9.97 Å². The monoisotopic (exact) mass is 778 g/mol. The van der Waals surface area contributed by atoms with Crippen molar-refractivity contribution < 1.29 is 0 Å². The molecule has 0 spiro atoms. The maximum absolute atomic E-state index is 5.22. The number of hydrogen-bond acceptors (Lipinski definition) is 2. The Morgan fingerprint density at radius 3 is 1.46 bits per heavy atom. The number of benzene rings is 9. The second-order valence-corrected chi connectivity index (χ2v) is 16.6. The average Bonchev–Trinajstić information content (AvgIpc) is 3.56. The molecule has 0 fully saturated rings. The Bertz CT molecular complexity index is 3240. The van der Waals surface area contributed by atoms with Crippen molar-refractivity contribution in [3.05, 3.63) is 230 Å². The van der Waals surface area contributed by atoms with Crippen LogP contribution >= 0.6 is 0 Å². The summed E-state index contributed by atoms with van der Waals surface area (Å²) in [5, 5.41) is 2.33. The second kappa shape index (κ2) is 14.9. The van der Waals surface area contributed by atoms with Crippen LogP contribution in [0.5, 0.6) is 0 Å². The van der Waals surface area contributed by atoms with E-state index in [1.165, 1.54) is 72.1 Å². The Balaban J connectivity index is 0.936. The molecule has 1 aliphatic carbocycles. The van der Waals surface area contributed by atoms with Crippen LogP contribution in [-0.2, 0) is 5.41 Å². The van der Waals surface area contributed by atoms with Crippen molar-refractivity contribution in [2.24, 2.45) is 0 Å². The van der Waals surface area contributed by atoms with Crippen molar-refractivity contribution in [1.29, 1.82) is 0 Å². The lowest BCUT2D eigenvalue weighted by atomic mass is 9.81. The van der Waals surface area contributed by atoms with E-state index in [2.05, 4.69) is 208 Å². The van der Waals surface area contributed by atoms with Crippen LogP contribution in [0.3, 0.4) is 0 Å². The third kappa shape index (κ3) is 6.54. The van der Waals surface area contributed by atoms with Gasteiger partial charge in [0, 0.05) is 22.1 Å². The molecule has 0 unspecified atom stereocenters. The molecule has 1 heterocycles. The van der Waals surface area contributed by atoms with Gasteiger partial charge in [0.05, 0.1) is 11.4 Å². The fourth-order valence-electron chi connectivity index (χ4n) is 9.29. The van der Waals surface area contributed by atoms with Crippen LogP contribution < -0.4 is 0 Å². The molecule has 2 nitrogen and oxygen atoms in total. The van der Waals surface area contributed by atoms with Gasteiger partial charge in [-0.3, -0.25) is 0 Å². The maximum atomic E-state index is 5.22. The largest absolute Gasteiger partial charge is 0.228 e. The first-order chi connectivity index (χ1) is 30.0. The van der Waals surface area contributed by atoms with E-state index in [0.29, 0.717) is 5.82 Å². The summed E-state index contributed by atoms with van der Waals surface area (Å²) in [6.45, 7) is 4.68. The molecule has 0 radical (unpaired) electrons. The number of aromatic nitrogens is 2. The first-order valence-corrected chi connectivity index (χ1v) is 21.1. The SMILES string of the molecule is CC1(C)c2ccccc2-c2ccc(-c3ccc(-c4cccc(-c5ccc(-c6cc(-c7ccc(-c8ccccc8)cc7)nc(-c7ccccc7)n6)c6ccccc56)c4)cc3)cc21. The molecular weight excluding hydrogens is 737 g/mol. The van der Waals surface area contributed by atoms with Crippen molar-refractivity contribution in [3.8, 4) is 89.5 Å². The summed E-state index contributed by atoms with van der Waals surface area (Å²) in [6.07, 6.45) is 0. The molecule has 0 bridgehead atoms. The van der Waals surface area contributed by atoms with E-state index in [9.17, 15) is 0 Å². The van der Waals surface area contributed by atoms with Crippen LogP contribution in [0.4, 0.5) is 0 Å². The first-order valence-electron chi connectivity index (χ1n) is 21.1. The fourth-order valence-corrected chi connectivity index (χ4v) is 9.29. The van der Waals surface area contributed by atoms with E-state index in [0.717, 1.165) is 33.5 Å². The Labute approximate surface area is 357 Å². The van der Waals surface area contributed by atoms with E-state index in [1.54, 1.807) is 0 Å². The summed E-state index contributed by atoms with van der Waals surface area (Å²) in [4.78, 5) is 10.3. The molecule has 0 N–H and O–H groups in total. The van der Waals surface area contributed by atoms with Crippen LogP contribution in [0, 0.1) is 0 Å². The minimum Gasteiger partial charge on any atom is -0.228 e. The van der Waals surface area contributed by atoms with E-state index in [-0.39, 0.29) is 5.41 Å². The Morgan fingerprint density at radius 1 is 0.279 bits per heavy atom. The summed E-state index contributed by atoms with van der Waals surface area (Å²) in [5.74, 6) is 0.706. The summed E-state index contributed by atoms with van der Waals surface area (Å²) in [6, 6.07) is 78.5. The zero-order valence-corrected chi connectivity index (χ0v) is 34.2. The molecule has 288 valence electrons. The molecule has 10 aromatic rings. The molecule has 2 heteroatoms. The van der Waals surface area contributed by atoms with Crippen molar-refractivity contribution in [3.63, 3.8) is 0 Å². The Kier molecular flexibility index (Phi) is 8.86. The van der Waals surface area contributed by atoms with Gasteiger partial charge in [-0.05, 0) is 95.7 Å². The van der Waals surface area contributed by atoms with Gasteiger partial charge in [0.1, 0.15) is 0 Å². The maximum Gasteiger partial charge on any atom is 0.160 e. The summed E-state index contributed by atoms with van der Waals surface area (Å²) >= 11 is 0. The molecule has 0 amide bonds. The predicted octanol–water partition coefficient (Wildman–Crippen LogP) is 15.6. The van der Waals surface area contributed by atoms with E-state index in [1.807, 2.05) is 24.3 Å². The topological polar surface area (TPSA) is 25.8 Å². The molecular formula is C59H42N2. The van der Waals surface area contributed by atoms with Gasteiger partial charge in [-0.1, -0.05) is 214 Å². The van der Waals surface area contributed by atoms with Gasteiger partial charge < -0.3 is 0 Å². The average molecular weight is 779 g/mol. The molecule has 1 aromatic heterocycles. The standard InChI is InChI=1S/C59H42N2/c1-59(2)54-23-12-11-22-51(54)52-33-32-46(37-55(52)59)42-26-24-41(25-27-42)45-18-13-19-47(36-45)48-34-35-53(50-21-10-9-20-49(48)50)57-38-56(60-58(61-57)44-16-7-4-8-17-44)43-30-28-40(29-31-43)39-14-5-3-6-15-39/h3-38H,1-2H3. The van der Waals surface area contributed by atoms with E-state index < -0.39 is 0 Å². The smallest absolute Gasteiger partial charge is 0.160 e. The third-order valence-corrected chi connectivity index (χ3v) is 12.6. The van der Waals surface area contributed by atoms with Gasteiger partial charge in [0.25, 0.3) is 0 Å². The first kappa shape index (κ1) is 36.4. The van der Waals surface area contributed by atoms with Gasteiger partial charge in [-0.15, -0.1) is 0 Å². The highest BCUT2D eigenvalue weighted by Crippen LogP contribution is 2.49. The lowest BCUT2D eigenvalue weighted by Gasteiger charge is -2.22. The van der Waals surface area contributed by atoms with Gasteiger partial charge in [-0.2, -0.15) is 0 Å².